The summed E-state index contributed by atoms with van der Waals surface area (Å²) in [6, 6.07) is 18.9. The summed E-state index contributed by atoms with van der Waals surface area (Å²) in [5.74, 6) is -0.208. The van der Waals surface area contributed by atoms with E-state index in [1.165, 1.54) is 30.4 Å². The molecule has 1 atom stereocenters. The van der Waals surface area contributed by atoms with Crippen LogP contribution < -0.4 is 10.0 Å². The minimum atomic E-state index is -3.73. The van der Waals surface area contributed by atoms with Crippen molar-refractivity contribution in [3.63, 3.8) is 0 Å². The van der Waals surface area contributed by atoms with Gasteiger partial charge in [0.1, 0.15) is 0 Å². The molecule has 0 bridgehead atoms. The molecule has 0 unspecified atom stereocenters. The maximum absolute atomic E-state index is 12.9. The van der Waals surface area contributed by atoms with E-state index in [0.29, 0.717) is 5.69 Å². The van der Waals surface area contributed by atoms with E-state index in [0.717, 1.165) is 10.4 Å². The first-order chi connectivity index (χ1) is 12.5. The SMILES string of the molecule is CC(=O)Nc1ccc(S(=O)(=O)N[C@H](c2ccccc2)c2cccs2)cc1. The first-order valence-electron chi connectivity index (χ1n) is 7.94. The average Bonchev–Trinajstić information content (AvgIpc) is 3.15. The molecular formula is C19H18N2O3S2. The summed E-state index contributed by atoms with van der Waals surface area (Å²) in [6.07, 6.45) is 0. The van der Waals surface area contributed by atoms with Crippen molar-refractivity contribution in [1.82, 2.24) is 4.72 Å². The van der Waals surface area contributed by atoms with Crippen LogP contribution in [0.5, 0.6) is 0 Å². The Kier molecular flexibility index (Phi) is 5.51. The normalized spacial score (nSPS) is 12.5. The van der Waals surface area contributed by atoms with Crippen molar-refractivity contribution in [1.29, 1.82) is 0 Å². The van der Waals surface area contributed by atoms with Crippen molar-refractivity contribution in [2.75, 3.05) is 5.32 Å². The van der Waals surface area contributed by atoms with Crippen LogP contribution in [0.1, 0.15) is 23.4 Å². The number of benzene rings is 2. The van der Waals surface area contributed by atoms with Crippen LogP contribution in [0, 0.1) is 0 Å². The molecule has 1 aromatic heterocycles. The van der Waals surface area contributed by atoms with Gasteiger partial charge in [-0.1, -0.05) is 36.4 Å². The molecule has 26 heavy (non-hydrogen) atoms. The number of hydrogen-bond donors (Lipinski definition) is 2. The van der Waals surface area contributed by atoms with Crippen molar-refractivity contribution in [2.45, 2.75) is 17.9 Å². The highest BCUT2D eigenvalue weighted by molar-refractivity contribution is 7.89. The van der Waals surface area contributed by atoms with Crippen molar-refractivity contribution in [3.8, 4) is 0 Å². The zero-order valence-corrected chi connectivity index (χ0v) is 15.7. The van der Waals surface area contributed by atoms with Crippen molar-refractivity contribution < 1.29 is 13.2 Å². The van der Waals surface area contributed by atoms with Crippen LogP contribution in [-0.2, 0) is 14.8 Å². The molecule has 0 saturated carbocycles. The molecule has 1 heterocycles. The van der Waals surface area contributed by atoms with Gasteiger partial charge in [0.25, 0.3) is 0 Å². The Hall–Kier alpha value is -2.48. The lowest BCUT2D eigenvalue weighted by Crippen LogP contribution is -2.29. The fourth-order valence-electron chi connectivity index (χ4n) is 2.54. The monoisotopic (exact) mass is 386 g/mol. The molecule has 0 fully saturated rings. The van der Waals surface area contributed by atoms with E-state index in [9.17, 15) is 13.2 Å². The minimum absolute atomic E-state index is 0.143. The Balaban J connectivity index is 1.89. The lowest BCUT2D eigenvalue weighted by molar-refractivity contribution is -0.114. The first kappa shape index (κ1) is 18.3. The molecule has 0 aliphatic rings. The van der Waals surface area contributed by atoms with Crippen LogP contribution in [0.2, 0.25) is 0 Å². The van der Waals surface area contributed by atoms with Crippen LogP contribution >= 0.6 is 11.3 Å². The summed E-state index contributed by atoms with van der Waals surface area (Å²) in [6.45, 7) is 1.40. The number of anilines is 1. The van der Waals surface area contributed by atoms with Gasteiger partial charge < -0.3 is 5.32 Å². The van der Waals surface area contributed by atoms with Crippen molar-refractivity contribution >= 4 is 33.0 Å². The second kappa shape index (κ2) is 7.82. The molecule has 3 aromatic rings. The summed E-state index contributed by atoms with van der Waals surface area (Å²) in [7, 11) is -3.73. The third-order valence-electron chi connectivity index (χ3n) is 3.72. The molecule has 134 valence electrons. The second-order valence-corrected chi connectivity index (χ2v) is 8.38. The van der Waals surface area contributed by atoms with Gasteiger partial charge in [-0.3, -0.25) is 4.79 Å². The number of carbonyl (C=O) groups excluding carboxylic acids is 1. The van der Waals surface area contributed by atoms with E-state index in [2.05, 4.69) is 10.0 Å². The maximum Gasteiger partial charge on any atom is 0.241 e. The largest absolute Gasteiger partial charge is 0.326 e. The van der Waals surface area contributed by atoms with E-state index in [1.54, 1.807) is 12.1 Å². The second-order valence-electron chi connectivity index (χ2n) is 5.69. The van der Waals surface area contributed by atoms with Gasteiger partial charge in [0.15, 0.2) is 0 Å². The number of sulfonamides is 1. The molecule has 0 aliphatic heterocycles. The number of thiophene rings is 1. The van der Waals surface area contributed by atoms with E-state index in [4.69, 9.17) is 0 Å². The molecular weight excluding hydrogens is 368 g/mol. The van der Waals surface area contributed by atoms with E-state index < -0.39 is 16.1 Å². The fourth-order valence-corrected chi connectivity index (χ4v) is 4.62. The van der Waals surface area contributed by atoms with Gasteiger partial charge >= 0.3 is 0 Å². The molecule has 3 rings (SSSR count). The Labute approximate surface area is 156 Å². The van der Waals surface area contributed by atoms with E-state index in [-0.39, 0.29) is 10.8 Å². The number of carbonyl (C=O) groups is 1. The maximum atomic E-state index is 12.9. The number of amides is 1. The van der Waals surface area contributed by atoms with Gasteiger partial charge in [0.05, 0.1) is 10.9 Å². The van der Waals surface area contributed by atoms with Crippen LogP contribution in [0.3, 0.4) is 0 Å². The van der Waals surface area contributed by atoms with E-state index >= 15 is 0 Å². The van der Waals surface area contributed by atoms with Gasteiger partial charge in [-0.2, -0.15) is 4.72 Å². The first-order valence-corrected chi connectivity index (χ1v) is 10.3. The topological polar surface area (TPSA) is 75.3 Å². The van der Waals surface area contributed by atoms with Crippen LogP contribution in [0.15, 0.2) is 77.0 Å². The van der Waals surface area contributed by atoms with Gasteiger partial charge in [0.2, 0.25) is 15.9 Å². The van der Waals surface area contributed by atoms with E-state index in [1.807, 2.05) is 47.8 Å². The predicted octanol–water partition coefficient (Wildman–Crippen LogP) is 3.77. The lowest BCUT2D eigenvalue weighted by Gasteiger charge is -2.18. The molecule has 0 aliphatic carbocycles. The summed E-state index contributed by atoms with van der Waals surface area (Å²) < 4.78 is 28.5. The Morgan fingerprint density at radius 2 is 1.65 bits per heavy atom. The van der Waals surface area contributed by atoms with Crippen LogP contribution in [0.4, 0.5) is 5.69 Å². The smallest absolute Gasteiger partial charge is 0.241 e. The third kappa shape index (κ3) is 4.37. The molecule has 5 nitrogen and oxygen atoms in total. The molecule has 2 aromatic carbocycles. The molecule has 1 amide bonds. The summed E-state index contributed by atoms with van der Waals surface area (Å²) in [5, 5.41) is 4.54. The van der Waals surface area contributed by atoms with Crippen LogP contribution in [-0.4, -0.2) is 14.3 Å². The number of hydrogen-bond acceptors (Lipinski definition) is 4. The zero-order valence-electron chi connectivity index (χ0n) is 14.0. The predicted molar refractivity (Wildman–Crippen MR) is 104 cm³/mol. The van der Waals surface area contributed by atoms with Crippen molar-refractivity contribution in [2.24, 2.45) is 0 Å². The highest BCUT2D eigenvalue weighted by atomic mass is 32.2. The highest BCUT2D eigenvalue weighted by Gasteiger charge is 2.23. The number of rotatable bonds is 6. The quantitative estimate of drug-likeness (QED) is 0.677. The molecule has 0 radical (unpaired) electrons. The minimum Gasteiger partial charge on any atom is -0.326 e. The average molecular weight is 386 g/mol. The molecule has 2 N–H and O–H groups in total. The Morgan fingerprint density at radius 1 is 0.962 bits per heavy atom. The molecule has 0 spiro atoms. The Bertz CT molecular complexity index is 967. The standard InChI is InChI=1S/C19H18N2O3S2/c1-14(22)20-16-9-11-17(12-10-16)26(23,24)21-19(18-8-5-13-25-18)15-6-3-2-4-7-15/h2-13,19,21H,1H3,(H,20,22)/t19-/m1/s1. The lowest BCUT2D eigenvalue weighted by atomic mass is 10.1. The van der Waals surface area contributed by atoms with Crippen LogP contribution in [0.25, 0.3) is 0 Å². The fraction of sp³-hybridized carbons (Fsp3) is 0.105. The molecule has 7 heteroatoms. The highest BCUT2D eigenvalue weighted by Crippen LogP contribution is 2.28. The van der Waals surface area contributed by atoms with Gasteiger partial charge in [-0.15, -0.1) is 11.3 Å². The zero-order chi connectivity index (χ0) is 18.6. The summed E-state index contributed by atoms with van der Waals surface area (Å²) >= 11 is 1.50. The summed E-state index contributed by atoms with van der Waals surface area (Å²) in [4.78, 5) is 12.1. The number of nitrogens with one attached hydrogen (secondary N) is 2. The van der Waals surface area contributed by atoms with Gasteiger partial charge in [-0.05, 0) is 41.3 Å². The third-order valence-corrected chi connectivity index (χ3v) is 6.09. The van der Waals surface area contributed by atoms with Gasteiger partial charge in [0, 0.05) is 17.5 Å². The summed E-state index contributed by atoms with van der Waals surface area (Å²) in [5.41, 5.74) is 1.42. The van der Waals surface area contributed by atoms with Gasteiger partial charge in [-0.25, -0.2) is 8.42 Å². The van der Waals surface area contributed by atoms with Crippen molar-refractivity contribution in [3.05, 3.63) is 82.6 Å². The molecule has 0 saturated heterocycles. The Morgan fingerprint density at radius 3 is 2.23 bits per heavy atom.